The molecule has 0 atom stereocenters. The molecule has 24 heavy (non-hydrogen) atoms. The lowest BCUT2D eigenvalue weighted by Crippen LogP contribution is -2.25. The van der Waals surface area contributed by atoms with E-state index in [-0.39, 0.29) is 23.2 Å². The molecule has 0 spiro atoms. The standard InChI is InChI=1S/C17H15F2NO3S/c1-10-3-5-13(7-11(10)2)24-9-16(21)20-12-4-6-14-15(8-12)23-17(18,19)22-14/h3-8H,9H2,1-2H3,(H,20,21). The second kappa shape index (κ2) is 6.32. The van der Waals surface area contributed by atoms with Gasteiger partial charge in [-0.25, -0.2) is 0 Å². The molecule has 7 heteroatoms. The molecule has 0 bridgehead atoms. The quantitative estimate of drug-likeness (QED) is 0.832. The zero-order chi connectivity index (χ0) is 17.3. The Morgan fingerprint density at radius 2 is 1.83 bits per heavy atom. The first kappa shape index (κ1) is 16.6. The molecule has 2 aromatic rings. The lowest BCUT2D eigenvalue weighted by molar-refractivity contribution is -0.286. The van der Waals surface area contributed by atoms with Crippen LogP contribution in [0.1, 0.15) is 11.1 Å². The summed E-state index contributed by atoms with van der Waals surface area (Å²) in [6.45, 7) is 4.04. The zero-order valence-electron chi connectivity index (χ0n) is 13.1. The Morgan fingerprint density at radius 3 is 2.58 bits per heavy atom. The number of benzene rings is 2. The summed E-state index contributed by atoms with van der Waals surface area (Å²) < 4.78 is 34.6. The fourth-order valence-electron chi connectivity index (χ4n) is 2.18. The van der Waals surface area contributed by atoms with Crippen LogP contribution in [0.25, 0.3) is 0 Å². The van der Waals surface area contributed by atoms with Crippen LogP contribution >= 0.6 is 11.8 Å². The molecule has 3 rings (SSSR count). The van der Waals surface area contributed by atoms with Gasteiger partial charge in [-0.3, -0.25) is 4.79 Å². The van der Waals surface area contributed by atoms with Crippen LogP contribution in [0.3, 0.4) is 0 Å². The molecular weight excluding hydrogens is 336 g/mol. The van der Waals surface area contributed by atoms with E-state index in [1.54, 1.807) is 0 Å². The van der Waals surface area contributed by atoms with Gasteiger partial charge in [-0.05, 0) is 49.2 Å². The van der Waals surface area contributed by atoms with Gasteiger partial charge >= 0.3 is 6.29 Å². The largest absolute Gasteiger partial charge is 0.586 e. The van der Waals surface area contributed by atoms with Gasteiger partial charge in [0.2, 0.25) is 5.91 Å². The minimum Gasteiger partial charge on any atom is -0.395 e. The third-order valence-electron chi connectivity index (χ3n) is 3.53. The van der Waals surface area contributed by atoms with E-state index in [1.807, 2.05) is 32.0 Å². The van der Waals surface area contributed by atoms with E-state index in [4.69, 9.17) is 0 Å². The van der Waals surface area contributed by atoms with E-state index < -0.39 is 6.29 Å². The van der Waals surface area contributed by atoms with Crippen LogP contribution in [0.5, 0.6) is 11.5 Å². The van der Waals surface area contributed by atoms with Crippen molar-refractivity contribution in [2.45, 2.75) is 25.0 Å². The van der Waals surface area contributed by atoms with Crippen molar-refractivity contribution in [1.82, 2.24) is 0 Å². The molecule has 4 nitrogen and oxygen atoms in total. The number of nitrogens with one attached hydrogen (secondary N) is 1. The van der Waals surface area contributed by atoms with Crippen LogP contribution in [0.15, 0.2) is 41.3 Å². The van der Waals surface area contributed by atoms with Crippen molar-refractivity contribution in [2.75, 3.05) is 11.1 Å². The zero-order valence-corrected chi connectivity index (χ0v) is 13.9. The summed E-state index contributed by atoms with van der Waals surface area (Å²) >= 11 is 1.41. The van der Waals surface area contributed by atoms with E-state index >= 15 is 0 Å². The second-order valence-corrected chi connectivity index (χ2v) is 6.46. The Bertz CT molecular complexity index is 795. The average molecular weight is 351 g/mol. The van der Waals surface area contributed by atoms with Crippen LogP contribution in [0.2, 0.25) is 0 Å². The van der Waals surface area contributed by atoms with E-state index in [0.29, 0.717) is 5.69 Å². The maximum atomic E-state index is 13.0. The van der Waals surface area contributed by atoms with Crippen LogP contribution in [0, 0.1) is 13.8 Å². The number of halogens is 2. The van der Waals surface area contributed by atoms with Crippen molar-refractivity contribution in [1.29, 1.82) is 0 Å². The molecule has 1 aliphatic rings. The third-order valence-corrected chi connectivity index (χ3v) is 4.53. The average Bonchev–Trinajstić information content (AvgIpc) is 2.81. The second-order valence-electron chi connectivity index (χ2n) is 5.41. The Labute approximate surface area is 142 Å². The number of carbonyl (C=O) groups is 1. The van der Waals surface area contributed by atoms with E-state index in [2.05, 4.69) is 14.8 Å². The van der Waals surface area contributed by atoms with Crippen LogP contribution in [-0.4, -0.2) is 18.0 Å². The summed E-state index contributed by atoms with van der Waals surface area (Å²) in [6, 6.07) is 10.1. The first-order valence-corrected chi connectivity index (χ1v) is 8.21. The number of fused-ring (bicyclic) bond motifs is 1. The predicted octanol–water partition coefficient (Wildman–Crippen LogP) is 4.36. The van der Waals surface area contributed by atoms with Crippen LogP contribution in [0.4, 0.5) is 14.5 Å². The van der Waals surface area contributed by atoms with Gasteiger partial charge in [-0.15, -0.1) is 20.5 Å². The molecule has 0 fully saturated rings. The number of alkyl halides is 2. The molecule has 0 radical (unpaired) electrons. The van der Waals surface area contributed by atoms with Crippen LogP contribution in [-0.2, 0) is 4.79 Å². The van der Waals surface area contributed by atoms with Gasteiger partial charge in [-0.1, -0.05) is 6.07 Å². The molecule has 0 saturated heterocycles. The van der Waals surface area contributed by atoms with E-state index in [0.717, 1.165) is 10.5 Å². The van der Waals surface area contributed by atoms with Crippen molar-refractivity contribution >= 4 is 23.4 Å². The van der Waals surface area contributed by atoms with Gasteiger partial charge in [0.25, 0.3) is 0 Å². The highest BCUT2D eigenvalue weighted by atomic mass is 32.2. The maximum Gasteiger partial charge on any atom is 0.586 e. The summed E-state index contributed by atoms with van der Waals surface area (Å²) in [5, 5.41) is 2.66. The normalized spacial score (nSPS) is 14.5. The van der Waals surface area contributed by atoms with Crippen molar-refractivity contribution in [3.05, 3.63) is 47.5 Å². The fourth-order valence-corrected chi connectivity index (χ4v) is 2.97. The maximum absolute atomic E-state index is 13.0. The van der Waals surface area contributed by atoms with Gasteiger partial charge in [0.15, 0.2) is 11.5 Å². The van der Waals surface area contributed by atoms with Gasteiger partial charge in [0, 0.05) is 16.6 Å². The number of anilines is 1. The van der Waals surface area contributed by atoms with Gasteiger partial charge in [0.05, 0.1) is 5.75 Å². The molecule has 1 amide bonds. The fraction of sp³-hybridized carbons (Fsp3) is 0.235. The van der Waals surface area contributed by atoms with Crippen molar-refractivity contribution in [2.24, 2.45) is 0 Å². The molecule has 1 N–H and O–H groups in total. The molecular formula is C17H15F2NO3S. The molecule has 1 heterocycles. The predicted molar refractivity (Wildman–Crippen MR) is 87.9 cm³/mol. The molecule has 126 valence electrons. The molecule has 0 aromatic heterocycles. The minimum absolute atomic E-state index is 0.0532. The van der Waals surface area contributed by atoms with Crippen molar-refractivity contribution in [3.63, 3.8) is 0 Å². The number of hydrogen-bond donors (Lipinski definition) is 1. The molecule has 0 unspecified atom stereocenters. The Kier molecular flexibility index (Phi) is 4.36. The minimum atomic E-state index is -3.66. The number of hydrogen-bond acceptors (Lipinski definition) is 4. The lowest BCUT2D eigenvalue weighted by Gasteiger charge is -2.07. The summed E-state index contributed by atoms with van der Waals surface area (Å²) in [6.07, 6.45) is -3.66. The number of aryl methyl sites for hydroxylation is 2. The molecule has 1 aliphatic heterocycles. The smallest absolute Gasteiger partial charge is 0.395 e. The monoisotopic (exact) mass is 351 g/mol. The third kappa shape index (κ3) is 3.79. The van der Waals surface area contributed by atoms with Crippen LogP contribution < -0.4 is 14.8 Å². The van der Waals surface area contributed by atoms with E-state index in [9.17, 15) is 13.6 Å². The van der Waals surface area contributed by atoms with Gasteiger partial charge in [0.1, 0.15) is 0 Å². The number of ether oxygens (including phenoxy) is 2. The highest BCUT2D eigenvalue weighted by Gasteiger charge is 2.43. The molecule has 0 aliphatic carbocycles. The Morgan fingerprint density at radius 1 is 1.08 bits per heavy atom. The Balaban J connectivity index is 1.59. The summed E-state index contributed by atoms with van der Waals surface area (Å²) in [7, 11) is 0. The molecule has 2 aromatic carbocycles. The number of amides is 1. The van der Waals surface area contributed by atoms with Gasteiger partial charge < -0.3 is 14.8 Å². The topological polar surface area (TPSA) is 47.6 Å². The summed E-state index contributed by atoms with van der Waals surface area (Å²) in [5.74, 6) is -0.168. The highest BCUT2D eigenvalue weighted by molar-refractivity contribution is 8.00. The number of thioether (sulfide) groups is 1. The summed E-state index contributed by atoms with van der Waals surface area (Å²) in [5.41, 5.74) is 2.74. The van der Waals surface area contributed by atoms with E-state index in [1.165, 1.54) is 35.5 Å². The van der Waals surface area contributed by atoms with Crippen molar-refractivity contribution in [3.8, 4) is 11.5 Å². The molecule has 0 saturated carbocycles. The SMILES string of the molecule is Cc1ccc(SCC(=O)Nc2ccc3c(c2)OC(F)(F)O3)cc1C. The summed E-state index contributed by atoms with van der Waals surface area (Å²) in [4.78, 5) is 13.0. The highest BCUT2D eigenvalue weighted by Crippen LogP contribution is 2.42. The van der Waals surface area contributed by atoms with Gasteiger partial charge in [-0.2, -0.15) is 0 Å². The van der Waals surface area contributed by atoms with Crippen molar-refractivity contribution < 1.29 is 23.0 Å². The Hall–Kier alpha value is -2.28. The first-order chi connectivity index (χ1) is 11.3. The number of rotatable bonds is 4. The number of carbonyl (C=O) groups excluding carboxylic acids is 1. The first-order valence-electron chi connectivity index (χ1n) is 7.22. The lowest BCUT2D eigenvalue weighted by atomic mass is 10.1.